The van der Waals surface area contributed by atoms with Crippen LogP contribution in [0, 0.1) is 11.8 Å². The zero-order valence-corrected chi connectivity index (χ0v) is 12.1. The van der Waals surface area contributed by atoms with E-state index in [1.54, 1.807) is 7.11 Å². The lowest BCUT2D eigenvalue weighted by molar-refractivity contribution is 0.194. The summed E-state index contributed by atoms with van der Waals surface area (Å²) in [5.41, 5.74) is 1.29. The van der Waals surface area contributed by atoms with Crippen LogP contribution >= 0.6 is 0 Å². The number of benzene rings is 1. The highest BCUT2D eigenvalue weighted by molar-refractivity contribution is 5.30. The molecule has 0 aromatic heterocycles. The van der Waals surface area contributed by atoms with E-state index in [4.69, 9.17) is 4.74 Å². The van der Waals surface area contributed by atoms with Gasteiger partial charge >= 0.3 is 0 Å². The van der Waals surface area contributed by atoms with Gasteiger partial charge in [-0.05, 0) is 42.4 Å². The molecule has 1 aromatic carbocycles. The van der Waals surface area contributed by atoms with Gasteiger partial charge in [0, 0.05) is 12.1 Å². The smallest absolute Gasteiger partial charge is 0.118 e. The number of hydrogen-bond donors (Lipinski definition) is 2. The van der Waals surface area contributed by atoms with E-state index in [1.807, 2.05) is 12.1 Å². The number of ether oxygens (including phenoxy) is 1. The van der Waals surface area contributed by atoms with Gasteiger partial charge in [-0.1, -0.05) is 26.0 Å². The fourth-order valence-electron chi connectivity index (χ4n) is 2.43. The SMILES string of the molecule is COc1ccc(C(NC(CO)C(C)C)C2CC2)cc1. The average Bonchev–Trinajstić information content (AvgIpc) is 3.24. The van der Waals surface area contributed by atoms with Crippen molar-refractivity contribution in [1.29, 1.82) is 0 Å². The molecule has 0 saturated heterocycles. The van der Waals surface area contributed by atoms with Crippen molar-refractivity contribution in [3.05, 3.63) is 29.8 Å². The fourth-order valence-corrected chi connectivity index (χ4v) is 2.43. The molecule has 1 saturated carbocycles. The Morgan fingerprint density at radius 2 is 1.89 bits per heavy atom. The van der Waals surface area contributed by atoms with Gasteiger partial charge in [0.05, 0.1) is 13.7 Å². The van der Waals surface area contributed by atoms with E-state index in [2.05, 4.69) is 31.3 Å². The van der Waals surface area contributed by atoms with Crippen molar-refractivity contribution < 1.29 is 9.84 Å². The maximum atomic E-state index is 9.49. The van der Waals surface area contributed by atoms with Gasteiger partial charge < -0.3 is 15.2 Å². The summed E-state index contributed by atoms with van der Waals surface area (Å²) in [6.45, 7) is 4.48. The normalized spacial score (nSPS) is 18.4. The minimum atomic E-state index is 0.160. The van der Waals surface area contributed by atoms with Crippen molar-refractivity contribution in [1.82, 2.24) is 5.32 Å². The molecule has 0 radical (unpaired) electrons. The summed E-state index contributed by atoms with van der Waals surface area (Å²) in [4.78, 5) is 0. The quantitative estimate of drug-likeness (QED) is 0.795. The van der Waals surface area contributed by atoms with E-state index in [0.29, 0.717) is 17.9 Å². The monoisotopic (exact) mass is 263 g/mol. The number of rotatable bonds is 7. The van der Waals surface area contributed by atoms with Crippen LogP contribution in [0.4, 0.5) is 0 Å². The summed E-state index contributed by atoms with van der Waals surface area (Å²) in [6.07, 6.45) is 2.56. The Balaban J connectivity index is 2.10. The topological polar surface area (TPSA) is 41.5 Å². The Kier molecular flexibility index (Phi) is 4.83. The summed E-state index contributed by atoms with van der Waals surface area (Å²) >= 11 is 0. The predicted molar refractivity (Wildman–Crippen MR) is 77.3 cm³/mol. The van der Waals surface area contributed by atoms with Gasteiger partial charge in [0.15, 0.2) is 0 Å². The molecule has 2 N–H and O–H groups in total. The zero-order chi connectivity index (χ0) is 13.8. The molecule has 0 heterocycles. The molecule has 3 heteroatoms. The largest absolute Gasteiger partial charge is 0.497 e. The van der Waals surface area contributed by atoms with Crippen molar-refractivity contribution in [2.24, 2.45) is 11.8 Å². The third-order valence-corrected chi connectivity index (χ3v) is 3.96. The molecule has 2 unspecified atom stereocenters. The Morgan fingerprint density at radius 3 is 2.32 bits per heavy atom. The van der Waals surface area contributed by atoms with Crippen LogP contribution in [-0.2, 0) is 0 Å². The van der Waals surface area contributed by atoms with Crippen molar-refractivity contribution >= 4 is 0 Å². The molecule has 1 aromatic rings. The highest BCUT2D eigenvalue weighted by atomic mass is 16.5. The third kappa shape index (κ3) is 3.71. The first-order chi connectivity index (χ1) is 9.15. The molecule has 1 aliphatic rings. The number of nitrogens with one attached hydrogen (secondary N) is 1. The van der Waals surface area contributed by atoms with Crippen molar-refractivity contribution in [2.45, 2.75) is 38.8 Å². The van der Waals surface area contributed by atoms with E-state index in [1.165, 1.54) is 18.4 Å². The molecular formula is C16H25NO2. The predicted octanol–water partition coefficient (Wildman–Crippen LogP) is 2.75. The molecule has 0 bridgehead atoms. The molecule has 0 spiro atoms. The summed E-state index contributed by atoms with van der Waals surface area (Å²) in [7, 11) is 1.69. The minimum Gasteiger partial charge on any atom is -0.497 e. The Labute approximate surface area is 116 Å². The van der Waals surface area contributed by atoms with Gasteiger partial charge in [-0.25, -0.2) is 0 Å². The number of aliphatic hydroxyl groups is 1. The second kappa shape index (κ2) is 6.40. The Bertz CT molecular complexity index is 384. The van der Waals surface area contributed by atoms with Crippen molar-refractivity contribution in [3.8, 4) is 5.75 Å². The van der Waals surface area contributed by atoms with Crippen LogP contribution in [0.25, 0.3) is 0 Å². The number of methoxy groups -OCH3 is 1. The highest BCUT2D eigenvalue weighted by Gasteiger charge is 2.33. The van der Waals surface area contributed by atoms with Crippen LogP contribution in [0.1, 0.15) is 38.3 Å². The third-order valence-electron chi connectivity index (χ3n) is 3.96. The number of aliphatic hydroxyl groups excluding tert-OH is 1. The molecule has 3 nitrogen and oxygen atoms in total. The molecule has 2 atom stereocenters. The molecule has 106 valence electrons. The van der Waals surface area contributed by atoms with Crippen LogP contribution in [0.5, 0.6) is 5.75 Å². The van der Waals surface area contributed by atoms with E-state index >= 15 is 0 Å². The van der Waals surface area contributed by atoms with Crippen LogP contribution in [-0.4, -0.2) is 24.9 Å². The summed E-state index contributed by atoms with van der Waals surface area (Å²) in [6, 6.07) is 8.79. The Morgan fingerprint density at radius 1 is 1.26 bits per heavy atom. The summed E-state index contributed by atoms with van der Waals surface area (Å²) < 4.78 is 5.21. The summed E-state index contributed by atoms with van der Waals surface area (Å²) in [5.74, 6) is 2.03. The van der Waals surface area contributed by atoms with Crippen LogP contribution in [0.3, 0.4) is 0 Å². The molecule has 2 rings (SSSR count). The highest BCUT2D eigenvalue weighted by Crippen LogP contribution is 2.41. The van der Waals surface area contributed by atoms with Gasteiger partial charge in [0.25, 0.3) is 0 Å². The van der Waals surface area contributed by atoms with Crippen molar-refractivity contribution in [3.63, 3.8) is 0 Å². The van der Waals surface area contributed by atoms with Crippen LogP contribution in [0.2, 0.25) is 0 Å². The van der Waals surface area contributed by atoms with E-state index in [-0.39, 0.29) is 12.6 Å². The van der Waals surface area contributed by atoms with Crippen molar-refractivity contribution in [2.75, 3.05) is 13.7 Å². The van der Waals surface area contributed by atoms with E-state index < -0.39 is 0 Å². The lowest BCUT2D eigenvalue weighted by Crippen LogP contribution is -2.40. The second-order valence-corrected chi connectivity index (χ2v) is 5.79. The van der Waals surface area contributed by atoms with Gasteiger partial charge in [-0.3, -0.25) is 0 Å². The molecule has 19 heavy (non-hydrogen) atoms. The molecule has 1 fully saturated rings. The van der Waals surface area contributed by atoms with Gasteiger partial charge in [0.1, 0.15) is 5.75 Å². The molecule has 1 aliphatic carbocycles. The van der Waals surface area contributed by atoms with Gasteiger partial charge in [0.2, 0.25) is 0 Å². The standard InChI is InChI=1S/C16H25NO2/c1-11(2)15(10-18)17-16(12-4-5-12)13-6-8-14(19-3)9-7-13/h6-9,11-12,15-18H,4-5,10H2,1-3H3. The molecular weight excluding hydrogens is 238 g/mol. The summed E-state index contributed by atoms with van der Waals surface area (Å²) in [5, 5.41) is 13.1. The first kappa shape index (κ1) is 14.4. The first-order valence-electron chi connectivity index (χ1n) is 7.16. The fraction of sp³-hybridized carbons (Fsp3) is 0.625. The average molecular weight is 263 g/mol. The van der Waals surface area contributed by atoms with Gasteiger partial charge in [-0.2, -0.15) is 0 Å². The number of hydrogen-bond acceptors (Lipinski definition) is 3. The second-order valence-electron chi connectivity index (χ2n) is 5.79. The van der Waals surface area contributed by atoms with E-state index in [9.17, 15) is 5.11 Å². The lowest BCUT2D eigenvalue weighted by Gasteiger charge is -2.27. The van der Waals surface area contributed by atoms with Crippen LogP contribution in [0.15, 0.2) is 24.3 Å². The molecule has 0 aliphatic heterocycles. The first-order valence-corrected chi connectivity index (χ1v) is 7.16. The zero-order valence-electron chi connectivity index (χ0n) is 12.1. The maximum absolute atomic E-state index is 9.49. The van der Waals surface area contributed by atoms with E-state index in [0.717, 1.165) is 5.75 Å². The Hall–Kier alpha value is -1.06. The maximum Gasteiger partial charge on any atom is 0.118 e. The molecule has 0 amide bonds. The van der Waals surface area contributed by atoms with Gasteiger partial charge in [-0.15, -0.1) is 0 Å². The van der Waals surface area contributed by atoms with Crippen LogP contribution < -0.4 is 10.1 Å². The lowest BCUT2D eigenvalue weighted by atomic mass is 9.98. The minimum absolute atomic E-state index is 0.160.